The Morgan fingerprint density at radius 1 is 1.29 bits per heavy atom. The normalized spacial score (nSPS) is 23.5. The molecule has 0 spiro atoms. The van der Waals surface area contributed by atoms with Crippen molar-refractivity contribution in [2.45, 2.75) is 37.9 Å². The topological polar surface area (TPSA) is 122 Å². The first-order valence-electron chi connectivity index (χ1n) is 9.02. The number of sulfone groups is 1. The van der Waals surface area contributed by atoms with Crippen molar-refractivity contribution in [1.29, 1.82) is 0 Å². The molecule has 2 N–H and O–H groups in total. The smallest absolute Gasteiger partial charge is 0.325 e. The predicted octanol–water partition coefficient (Wildman–Crippen LogP) is 0.199. The van der Waals surface area contributed by atoms with Gasteiger partial charge in [-0.05, 0) is 30.5 Å². The molecule has 1 aromatic rings. The zero-order chi connectivity index (χ0) is 20.3. The Bertz CT molecular complexity index is 868. The van der Waals surface area contributed by atoms with Crippen molar-refractivity contribution in [3.05, 3.63) is 29.8 Å². The molecule has 9 nitrogen and oxygen atoms in total. The van der Waals surface area contributed by atoms with Crippen molar-refractivity contribution >= 4 is 27.7 Å². The summed E-state index contributed by atoms with van der Waals surface area (Å²) in [5.41, 5.74) is 0.783. The van der Waals surface area contributed by atoms with E-state index in [0.717, 1.165) is 10.5 Å². The van der Waals surface area contributed by atoms with Gasteiger partial charge in [-0.3, -0.25) is 14.5 Å². The number of rotatable bonds is 7. The number of imide groups is 1. The highest BCUT2D eigenvalue weighted by Crippen LogP contribution is 2.18. The summed E-state index contributed by atoms with van der Waals surface area (Å²) in [5, 5.41) is 5.27. The molecule has 10 heteroatoms. The molecule has 0 aromatic heterocycles. The SMILES string of the molecule is COc1ccc(CN2C(=O)N[C@@H](CCC(=O)NC3CCS(=O)(=O)C3)C2=O)cc1. The van der Waals surface area contributed by atoms with E-state index >= 15 is 0 Å². The van der Waals surface area contributed by atoms with Gasteiger partial charge < -0.3 is 15.4 Å². The van der Waals surface area contributed by atoms with Gasteiger partial charge in [0.25, 0.3) is 5.91 Å². The van der Waals surface area contributed by atoms with Gasteiger partial charge in [-0.2, -0.15) is 0 Å². The maximum absolute atomic E-state index is 12.5. The largest absolute Gasteiger partial charge is 0.497 e. The number of hydrogen-bond acceptors (Lipinski definition) is 6. The fourth-order valence-corrected chi connectivity index (χ4v) is 4.99. The van der Waals surface area contributed by atoms with Crippen LogP contribution in [0.4, 0.5) is 4.79 Å². The second-order valence-corrected chi connectivity index (χ2v) is 9.21. The van der Waals surface area contributed by atoms with Crippen molar-refractivity contribution in [2.75, 3.05) is 18.6 Å². The monoisotopic (exact) mass is 409 g/mol. The van der Waals surface area contributed by atoms with Crippen LogP contribution in [0.5, 0.6) is 5.75 Å². The fourth-order valence-electron chi connectivity index (χ4n) is 3.32. The van der Waals surface area contributed by atoms with Gasteiger partial charge in [0.05, 0.1) is 25.2 Å². The quantitative estimate of drug-likeness (QED) is 0.621. The molecule has 1 unspecified atom stereocenters. The molecule has 4 amide bonds. The summed E-state index contributed by atoms with van der Waals surface area (Å²) in [6.45, 7) is 0.136. The van der Waals surface area contributed by atoms with Crippen LogP contribution < -0.4 is 15.4 Å². The zero-order valence-electron chi connectivity index (χ0n) is 15.5. The zero-order valence-corrected chi connectivity index (χ0v) is 16.3. The number of amides is 4. The molecular weight excluding hydrogens is 386 g/mol. The van der Waals surface area contributed by atoms with Crippen LogP contribution in [0, 0.1) is 0 Å². The predicted molar refractivity (Wildman–Crippen MR) is 100 cm³/mol. The second-order valence-electron chi connectivity index (χ2n) is 6.98. The molecule has 2 fully saturated rings. The van der Waals surface area contributed by atoms with E-state index < -0.39 is 21.9 Å². The summed E-state index contributed by atoms with van der Waals surface area (Å²) in [6.07, 6.45) is 0.599. The number of hydrogen-bond donors (Lipinski definition) is 2. The maximum Gasteiger partial charge on any atom is 0.325 e. The third-order valence-corrected chi connectivity index (χ3v) is 6.63. The van der Waals surface area contributed by atoms with E-state index in [2.05, 4.69) is 10.6 Å². The van der Waals surface area contributed by atoms with Crippen molar-refractivity contribution in [2.24, 2.45) is 0 Å². The molecule has 152 valence electrons. The summed E-state index contributed by atoms with van der Waals surface area (Å²) in [7, 11) is -1.52. The van der Waals surface area contributed by atoms with E-state index in [1.54, 1.807) is 31.4 Å². The summed E-state index contributed by atoms with van der Waals surface area (Å²) in [6, 6.07) is 5.42. The minimum Gasteiger partial charge on any atom is -0.497 e. The maximum atomic E-state index is 12.5. The van der Waals surface area contributed by atoms with Gasteiger partial charge in [0.1, 0.15) is 11.8 Å². The van der Waals surface area contributed by atoms with Gasteiger partial charge >= 0.3 is 6.03 Å². The van der Waals surface area contributed by atoms with Crippen molar-refractivity contribution in [3.8, 4) is 5.75 Å². The average Bonchev–Trinajstić information content (AvgIpc) is 3.13. The van der Waals surface area contributed by atoms with Crippen LogP contribution in [0.15, 0.2) is 24.3 Å². The third kappa shape index (κ3) is 4.80. The van der Waals surface area contributed by atoms with E-state index in [-0.39, 0.29) is 48.7 Å². The number of carbonyl (C=O) groups excluding carboxylic acids is 3. The first-order chi connectivity index (χ1) is 13.3. The van der Waals surface area contributed by atoms with Crippen LogP contribution >= 0.6 is 0 Å². The lowest BCUT2D eigenvalue weighted by atomic mass is 10.1. The lowest BCUT2D eigenvalue weighted by Crippen LogP contribution is -2.37. The summed E-state index contributed by atoms with van der Waals surface area (Å²) >= 11 is 0. The molecule has 0 bridgehead atoms. The number of urea groups is 1. The van der Waals surface area contributed by atoms with E-state index in [9.17, 15) is 22.8 Å². The van der Waals surface area contributed by atoms with Gasteiger partial charge in [0.15, 0.2) is 9.84 Å². The molecule has 2 aliphatic rings. The molecule has 2 atom stereocenters. The molecule has 1 aromatic carbocycles. The minimum atomic E-state index is -3.07. The Balaban J connectivity index is 1.49. The Labute approximate surface area is 163 Å². The van der Waals surface area contributed by atoms with Gasteiger partial charge in [0, 0.05) is 12.5 Å². The molecule has 0 radical (unpaired) electrons. The standard InChI is InChI=1S/C18H23N3O6S/c1-27-14-4-2-12(3-5-14)10-21-17(23)15(20-18(21)24)6-7-16(22)19-13-8-9-28(25,26)11-13/h2-5,13,15H,6-11H2,1H3,(H,19,22)(H,20,24)/t13?,15-/m0/s1. The first-order valence-corrected chi connectivity index (χ1v) is 10.8. The van der Waals surface area contributed by atoms with Crippen LogP contribution in [0.3, 0.4) is 0 Å². The van der Waals surface area contributed by atoms with Crippen LogP contribution in [0.25, 0.3) is 0 Å². The number of ether oxygens (including phenoxy) is 1. The molecule has 2 aliphatic heterocycles. The Morgan fingerprint density at radius 2 is 2.00 bits per heavy atom. The van der Waals surface area contributed by atoms with E-state index in [0.29, 0.717) is 12.2 Å². The molecule has 2 heterocycles. The number of nitrogens with zero attached hydrogens (tertiary/aromatic N) is 1. The fraction of sp³-hybridized carbons (Fsp3) is 0.500. The van der Waals surface area contributed by atoms with Crippen molar-refractivity contribution < 1.29 is 27.5 Å². The first kappa shape index (κ1) is 20.1. The summed E-state index contributed by atoms with van der Waals surface area (Å²) in [5.74, 6) is 0.0119. The van der Waals surface area contributed by atoms with Crippen molar-refractivity contribution in [1.82, 2.24) is 15.5 Å². The van der Waals surface area contributed by atoms with E-state index in [4.69, 9.17) is 4.74 Å². The van der Waals surface area contributed by atoms with Crippen molar-refractivity contribution in [3.63, 3.8) is 0 Å². The number of carbonyl (C=O) groups is 3. The number of nitrogens with one attached hydrogen (secondary N) is 2. The lowest BCUT2D eigenvalue weighted by Gasteiger charge is -2.14. The number of methoxy groups -OCH3 is 1. The molecular formula is C18H23N3O6S. The molecule has 28 heavy (non-hydrogen) atoms. The molecule has 2 saturated heterocycles. The van der Waals surface area contributed by atoms with E-state index in [1.165, 1.54) is 0 Å². The molecule has 0 aliphatic carbocycles. The minimum absolute atomic E-state index is 0.0314. The van der Waals surface area contributed by atoms with Crippen LogP contribution in [-0.4, -0.2) is 61.9 Å². The highest BCUT2D eigenvalue weighted by Gasteiger charge is 2.38. The number of benzene rings is 1. The van der Waals surface area contributed by atoms with Gasteiger partial charge in [-0.25, -0.2) is 13.2 Å². The second kappa shape index (κ2) is 8.17. The lowest BCUT2D eigenvalue weighted by molar-refractivity contribution is -0.128. The Hall–Kier alpha value is -2.62. The van der Waals surface area contributed by atoms with Crippen LogP contribution in [-0.2, 0) is 26.0 Å². The summed E-state index contributed by atoms with van der Waals surface area (Å²) < 4.78 is 27.9. The average molecular weight is 409 g/mol. The Morgan fingerprint density at radius 3 is 2.61 bits per heavy atom. The van der Waals surface area contributed by atoms with Crippen LogP contribution in [0.2, 0.25) is 0 Å². The molecule has 3 rings (SSSR count). The third-order valence-electron chi connectivity index (χ3n) is 4.86. The summed E-state index contributed by atoms with van der Waals surface area (Å²) in [4.78, 5) is 37.8. The van der Waals surface area contributed by atoms with E-state index in [1.807, 2.05) is 0 Å². The highest BCUT2D eigenvalue weighted by molar-refractivity contribution is 7.91. The van der Waals surface area contributed by atoms with Gasteiger partial charge in [0.2, 0.25) is 5.91 Å². The highest BCUT2D eigenvalue weighted by atomic mass is 32.2. The molecule has 0 saturated carbocycles. The van der Waals surface area contributed by atoms with Gasteiger partial charge in [-0.15, -0.1) is 0 Å². The van der Waals surface area contributed by atoms with Crippen LogP contribution in [0.1, 0.15) is 24.8 Å². The van der Waals surface area contributed by atoms with Gasteiger partial charge in [-0.1, -0.05) is 12.1 Å². The Kier molecular flexibility index (Phi) is 5.87.